The van der Waals surface area contributed by atoms with Crippen LogP contribution < -0.4 is 21.3 Å². The Morgan fingerprint density at radius 2 is 1.89 bits per heavy atom. The van der Waals surface area contributed by atoms with Gasteiger partial charge in [0.25, 0.3) is 0 Å². The van der Waals surface area contributed by atoms with E-state index in [-0.39, 0.29) is 12.0 Å². The number of nitrogens with one attached hydrogen (secondary N) is 2. The van der Waals surface area contributed by atoms with Crippen LogP contribution in [0.5, 0.6) is 6.01 Å². The first-order chi connectivity index (χ1) is 8.72. The van der Waals surface area contributed by atoms with Gasteiger partial charge in [-0.2, -0.15) is 15.0 Å². The highest BCUT2D eigenvalue weighted by Crippen LogP contribution is 2.24. The van der Waals surface area contributed by atoms with Crippen LogP contribution in [-0.4, -0.2) is 22.1 Å². The maximum absolute atomic E-state index is 5.27. The molecule has 2 aromatic rings. The molecule has 0 aliphatic rings. The van der Waals surface area contributed by atoms with Crippen LogP contribution in [0.1, 0.15) is 0 Å². The Labute approximate surface area is 112 Å². The first-order valence-corrected chi connectivity index (χ1v) is 5.80. The summed E-state index contributed by atoms with van der Waals surface area (Å²) in [4.78, 5) is 12.0. The highest BCUT2D eigenvalue weighted by atomic mass is 79.9. The summed E-state index contributed by atoms with van der Waals surface area (Å²) in [5.74, 6) is 5.82. The van der Waals surface area contributed by atoms with Gasteiger partial charge >= 0.3 is 6.01 Å². The lowest BCUT2D eigenvalue weighted by Crippen LogP contribution is -2.13. The summed E-state index contributed by atoms with van der Waals surface area (Å²) >= 11 is 3.42. The number of hydrogen-bond acceptors (Lipinski definition) is 7. The third-order valence-electron chi connectivity index (χ3n) is 2.05. The molecule has 2 rings (SSSR count). The fraction of sp³-hybridized carbons (Fsp3) is 0.100. The Morgan fingerprint density at radius 3 is 2.56 bits per heavy atom. The zero-order valence-electron chi connectivity index (χ0n) is 9.51. The van der Waals surface area contributed by atoms with E-state index in [0.717, 1.165) is 10.2 Å². The number of aromatic nitrogens is 3. The molecule has 94 valence electrons. The number of hydrogen-bond donors (Lipinski definition) is 3. The number of rotatable bonds is 4. The number of hydrazine groups is 1. The molecule has 1 aromatic carbocycles. The second kappa shape index (κ2) is 5.61. The summed E-state index contributed by atoms with van der Waals surface area (Å²) in [7, 11) is 1.47. The number of nitrogen functional groups attached to an aromatic ring is 1. The van der Waals surface area contributed by atoms with Crippen LogP contribution >= 0.6 is 15.9 Å². The average Bonchev–Trinajstić information content (AvgIpc) is 2.41. The second-order valence-electron chi connectivity index (χ2n) is 3.22. The van der Waals surface area contributed by atoms with Crippen molar-refractivity contribution in [3.05, 3.63) is 28.7 Å². The first kappa shape index (κ1) is 12.5. The Balaban J connectivity index is 2.31. The quantitative estimate of drug-likeness (QED) is 0.583. The minimum Gasteiger partial charge on any atom is -0.467 e. The van der Waals surface area contributed by atoms with Crippen LogP contribution in [0.4, 0.5) is 17.6 Å². The van der Waals surface area contributed by atoms with E-state index in [1.54, 1.807) is 0 Å². The van der Waals surface area contributed by atoms with Crippen LogP contribution in [0.25, 0.3) is 0 Å². The molecule has 4 N–H and O–H groups in total. The summed E-state index contributed by atoms with van der Waals surface area (Å²) in [6.45, 7) is 0. The molecule has 0 bridgehead atoms. The maximum atomic E-state index is 5.27. The van der Waals surface area contributed by atoms with Gasteiger partial charge in [0.2, 0.25) is 11.9 Å². The first-order valence-electron chi connectivity index (χ1n) is 5.01. The molecule has 0 aliphatic carbocycles. The fourth-order valence-electron chi connectivity index (χ4n) is 1.25. The molecule has 0 radical (unpaired) electrons. The third-order valence-corrected chi connectivity index (χ3v) is 2.74. The summed E-state index contributed by atoms with van der Waals surface area (Å²) in [5, 5.41) is 3.04. The molecule has 7 nitrogen and oxygen atoms in total. The van der Waals surface area contributed by atoms with E-state index in [2.05, 4.69) is 41.6 Å². The van der Waals surface area contributed by atoms with E-state index in [9.17, 15) is 0 Å². The molecule has 0 unspecified atom stereocenters. The lowest BCUT2D eigenvalue weighted by Gasteiger charge is -2.08. The van der Waals surface area contributed by atoms with Crippen molar-refractivity contribution >= 4 is 33.5 Å². The molecule has 0 spiro atoms. The van der Waals surface area contributed by atoms with E-state index < -0.39 is 0 Å². The van der Waals surface area contributed by atoms with E-state index in [1.165, 1.54) is 7.11 Å². The number of ether oxygens (including phenoxy) is 1. The SMILES string of the molecule is COc1nc(NN)nc(Nc2ccccc2Br)n1. The minimum atomic E-state index is 0.174. The molecular formula is C10H11BrN6O. The third kappa shape index (κ3) is 2.84. The van der Waals surface area contributed by atoms with E-state index >= 15 is 0 Å². The number of para-hydroxylation sites is 1. The van der Waals surface area contributed by atoms with E-state index in [4.69, 9.17) is 10.6 Å². The Bertz CT molecular complexity index is 527. The van der Waals surface area contributed by atoms with Crippen molar-refractivity contribution in [3.63, 3.8) is 0 Å². The number of anilines is 3. The summed E-state index contributed by atoms with van der Waals surface area (Å²) in [6, 6.07) is 7.77. The highest BCUT2D eigenvalue weighted by Gasteiger charge is 2.07. The van der Waals surface area contributed by atoms with Gasteiger partial charge in [0.1, 0.15) is 0 Å². The largest absolute Gasteiger partial charge is 0.467 e. The maximum Gasteiger partial charge on any atom is 0.322 e. The number of methoxy groups -OCH3 is 1. The van der Waals surface area contributed by atoms with Gasteiger partial charge in [-0.15, -0.1) is 0 Å². The minimum absolute atomic E-state index is 0.174. The van der Waals surface area contributed by atoms with Crippen LogP contribution in [0.2, 0.25) is 0 Å². The van der Waals surface area contributed by atoms with E-state index in [1.807, 2.05) is 24.3 Å². The van der Waals surface area contributed by atoms with Crippen molar-refractivity contribution in [2.24, 2.45) is 5.84 Å². The molecule has 8 heteroatoms. The summed E-state index contributed by atoms with van der Waals surface area (Å²) in [6.07, 6.45) is 0. The molecule has 0 atom stereocenters. The zero-order chi connectivity index (χ0) is 13.0. The molecule has 0 fully saturated rings. The van der Waals surface area contributed by atoms with Gasteiger partial charge in [0.15, 0.2) is 0 Å². The molecule has 0 amide bonds. The smallest absolute Gasteiger partial charge is 0.322 e. The van der Waals surface area contributed by atoms with E-state index in [0.29, 0.717) is 5.95 Å². The summed E-state index contributed by atoms with van der Waals surface area (Å²) < 4.78 is 5.85. The van der Waals surface area contributed by atoms with Gasteiger partial charge in [-0.25, -0.2) is 5.84 Å². The van der Waals surface area contributed by atoms with Gasteiger partial charge < -0.3 is 10.1 Å². The average molecular weight is 311 g/mol. The second-order valence-corrected chi connectivity index (χ2v) is 4.07. The number of nitrogens with zero attached hydrogens (tertiary/aromatic N) is 3. The Kier molecular flexibility index (Phi) is 3.90. The Morgan fingerprint density at radius 1 is 1.17 bits per heavy atom. The van der Waals surface area contributed by atoms with Crippen LogP contribution in [0, 0.1) is 0 Å². The molecular weight excluding hydrogens is 300 g/mol. The number of halogens is 1. The van der Waals surface area contributed by atoms with Crippen molar-refractivity contribution in [2.75, 3.05) is 17.9 Å². The van der Waals surface area contributed by atoms with Crippen molar-refractivity contribution in [1.82, 2.24) is 15.0 Å². The molecule has 18 heavy (non-hydrogen) atoms. The Hall–Kier alpha value is -1.93. The van der Waals surface area contributed by atoms with Crippen molar-refractivity contribution in [1.29, 1.82) is 0 Å². The predicted octanol–water partition coefficient (Wildman–Crippen LogP) is 1.67. The lowest BCUT2D eigenvalue weighted by molar-refractivity contribution is 0.379. The topological polar surface area (TPSA) is 98.0 Å². The van der Waals surface area contributed by atoms with Gasteiger partial charge in [-0.3, -0.25) is 5.43 Å². The molecule has 0 saturated carbocycles. The number of nitrogens with two attached hydrogens (primary N) is 1. The standard InChI is InChI=1S/C10H11BrN6O/c1-18-10-15-8(14-9(16-10)17-12)13-7-5-3-2-4-6(7)11/h2-5H,12H2,1H3,(H2,13,14,15,16,17). The van der Waals surface area contributed by atoms with Gasteiger partial charge in [-0.05, 0) is 28.1 Å². The monoisotopic (exact) mass is 310 g/mol. The highest BCUT2D eigenvalue weighted by molar-refractivity contribution is 9.10. The molecule has 1 aromatic heterocycles. The zero-order valence-corrected chi connectivity index (χ0v) is 11.1. The van der Waals surface area contributed by atoms with Crippen molar-refractivity contribution < 1.29 is 4.74 Å². The van der Waals surface area contributed by atoms with Crippen LogP contribution in [-0.2, 0) is 0 Å². The summed E-state index contributed by atoms with van der Waals surface area (Å²) in [5.41, 5.74) is 3.18. The van der Waals surface area contributed by atoms with Gasteiger partial charge in [0.05, 0.1) is 12.8 Å². The number of benzene rings is 1. The van der Waals surface area contributed by atoms with Crippen LogP contribution in [0.15, 0.2) is 28.7 Å². The molecule has 0 aliphatic heterocycles. The normalized spacial score (nSPS) is 9.94. The van der Waals surface area contributed by atoms with Crippen molar-refractivity contribution in [2.45, 2.75) is 0 Å². The lowest BCUT2D eigenvalue weighted by atomic mass is 10.3. The molecule has 1 heterocycles. The van der Waals surface area contributed by atoms with Gasteiger partial charge in [0, 0.05) is 4.47 Å². The van der Waals surface area contributed by atoms with Crippen molar-refractivity contribution in [3.8, 4) is 6.01 Å². The van der Waals surface area contributed by atoms with Crippen LogP contribution in [0.3, 0.4) is 0 Å². The molecule has 0 saturated heterocycles. The van der Waals surface area contributed by atoms with Gasteiger partial charge in [-0.1, -0.05) is 12.1 Å². The predicted molar refractivity (Wildman–Crippen MR) is 71.6 cm³/mol. The fourth-order valence-corrected chi connectivity index (χ4v) is 1.64.